The van der Waals surface area contributed by atoms with Gasteiger partial charge in [0.15, 0.2) is 0 Å². The van der Waals surface area contributed by atoms with Crippen molar-refractivity contribution < 1.29 is 4.39 Å². The normalized spacial score (nSPS) is 23.7. The van der Waals surface area contributed by atoms with Crippen molar-refractivity contribution in [2.24, 2.45) is 0 Å². The fourth-order valence-corrected chi connectivity index (χ4v) is 1.04. The van der Waals surface area contributed by atoms with Gasteiger partial charge in [0, 0.05) is 6.42 Å². The van der Waals surface area contributed by atoms with Gasteiger partial charge in [0.05, 0.1) is 0 Å². The van der Waals surface area contributed by atoms with Crippen LogP contribution < -0.4 is 0 Å². The number of allylic oxidation sites excluding steroid dienone is 4. The van der Waals surface area contributed by atoms with Crippen molar-refractivity contribution in [1.29, 1.82) is 0 Å². The molecule has 0 amide bonds. The lowest BCUT2D eigenvalue weighted by atomic mass is 10.2. The van der Waals surface area contributed by atoms with E-state index in [1.807, 2.05) is 0 Å². The van der Waals surface area contributed by atoms with Gasteiger partial charge in [-0.05, 0) is 12.2 Å². The molecular formula is C6H5Cl2F. The van der Waals surface area contributed by atoms with Crippen molar-refractivity contribution in [3.63, 3.8) is 0 Å². The van der Waals surface area contributed by atoms with Gasteiger partial charge in [0.2, 0.25) is 0 Å². The van der Waals surface area contributed by atoms with Crippen molar-refractivity contribution in [1.82, 2.24) is 0 Å². The zero-order chi connectivity index (χ0) is 6.91. The first-order chi connectivity index (χ1) is 4.10. The second-order valence-corrected chi connectivity index (χ2v) is 3.45. The maximum atomic E-state index is 12.3. The smallest absolute Gasteiger partial charge is 0.142 e. The average molecular weight is 167 g/mol. The molecule has 0 aromatic heterocycles. The first-order valence-electron chi connectivity index (χ1n) is 2.52. The highest BCUT2D eigenvalue weighted by Crippen LogP contribution is 2.33. The summed E-state index contributed by atoms with van der Waals surface area (Å²) >= 11 is 11.1. The number of halogens is 3. The summed E-state index contributed by atoms with van der Waals surface area (Å²) in [7, 11) is 0. The first-order valence-corrected chi connectivity index (χ1v) is 3.27. The van der Waals surface area contributed by atoms with Crippen molar-refractivity contribution >= 4 is 23.2 Å². The summed E-state index contributed by atoms with van der Waals surface area (Å²) in [5, 5.41) is 0. The van der Waals surface area contributed by atoms with Crippen LogP contribution in [0.3, 0.4) is 0 Å². The van der Waals surface area contributed by atoms with Crippen LogP contribution in [0.5, 0.6) is 0 Å². The molecule has 0 fully saturated rings. The summed E-state index contributed by atoms with van der Waals surface area (Å²) in [6, 6.07) is 0. The van der Waals surface area contributed by atoms with Crippen molar-refractivity contribution in [2.75, 3.05) is 0 Å². The molecule has 0 aromatic rings. The van der Waals surface area contributed by atoms with Crippen LogP contribution in [-0.2, 0) is 0 Å². The Balaban J connectivity index is 2.73. The van der Waals surface area contributed by atoms with Crippen LogP contribution in [0.25, 0.3) is 0 Å². The van der Waals surface area contributed by atoms with E-state index < -0.39 is 4.33 Å². The number of hydrogen-bond acceptors (Lipinski definition) is 0. The van der Waals surface area contributed by atoms with E-state index in [2.05, 4.69) is 0 Å². The van der Waals surface area contributed by atoms with Crippen LogP contribution >= 0.6 is 23.2 Å². The topological polar surface area (TPSA) is 0 Å². The third-order valence-corrected chi connectivity index (χ3v) is 1.54. The van der Waals surface area contributed by atoms with Crippen LogP contribution in [0.2, 0.25) is 0 Å². The molecule has 0 atom stereocenters. The van der Waals surface area contributed by atoms with Gasteiger partial charge in [0.1, 0.15) is 10.2 Å². The molecule has 0 radical (unpaired) electrons. The summed E-state index contributed by atoms with van der Waals surface area (Å²) in [6.07, 6.45) is 4.49. The van der Waals surface area contributed by atoms with Crippen LogP contribution in [0.1, 0.15) is 6.42 Å². The van der Waals surface area contributed by atoms with E-state index in [-0.39, 0.29) is 12.2 Å². The minimum atomic E-state index is -1.03. The average Bonchev–Trinajstić information content (AvgIpc) is 1.60. The highest BCUT2D eigenvalue weighted by atomic mass is 35.5. The predicted octanol–water partition coefficient (Wildman–Crippen LogP) is 2.97. The van der Waals surface area contributed by atoms with Crippen LogP contribution in [0, 0.1) is 0 Å². The van der Waals surface area contributed by atoms with E-state index in [1.165, 1.54) is 12.2 Å². The molecular weight excluding hydrogens is 162 g/mol. The van der Waals surface area contributed by atoms with E-state index in [4.69, 9.17) is 23.2 Å². The van der Waals surface area contributed by atoms with E-state index in [9.17, 15) is 4.39 Å². The lowest BCUT2D eigenvalue weighted by Crippen LogP contribution is -2.10. The summed E-state index contributed by atoms with van der Waals surface area (Å²) in [5.74, 6) is -0.275. The maximum Gasteiger partial charge on any atom is 0.142 e. The van der Waals surface area contributed by atoms with E-state index in [1.54, 1.807) is 6.08 Å². The van der Waals surface area contributed by atoms with Gasteiger partial charge < -0.3 is 0 Å². The van der Waals surface area contributed by atoms with Crippen LogP contribution in [-0.4, -0.2) is 4.33 Å². The minimum absolute atomic E-state index is 0.0760. The third kappa shape index (κ3) is 1.99. The molecule has 1 aliphatic rings. The molecule has 50 valence electrons. The van der Waals surface area contributed by atoms with Crippen LogP contribution in [0.15, 0.2) is 24.1 Å². The number of alkyl halides is 2. The molecule has 0 N–H and O–H groups in total. The van der Waals surface area contributed by atoms with Crippen molar-refractivity contribution in [2.45, 2.75) is 10.8 Å². The zero-order valence-corrected chi connectivity index (χ0v) is 6.08. The molecule has 0 heterocycles. The lowest BCUT2D eigenvalue weighted by molar-refractivity contribution is 0.579. The molecule has 1 aliphatic carbocycles. The molecule has 0 spiro atoms. The fraction of sp³-hybridized carbons (Fsp3) is 0.333. The summed E-state index contributed by atoms with van der Waals surface area (Å²) in [5.41, 5.74) is 0. The largest absolute Gasteiger partial charge is 0.212 e. The molecule has 0 unspecified atom stereocenters. The Hall–Kier alpha value is -0.0100. The maximum absolute atomic E-state index is 12.3. The molecule has 9 heavy (non-hydrogen) atoms. The van der Waals surface area contributed by atoms with Gasteiger partial charge in [0.25, 0.3) is 0 Å². The predicted molar refractivity (Wildman–Crippen MR) is 37.4 cm³/mol. The Morgan fingerprint density at radius 1 is 1.56 bits per heavy atom. The molecule has 0 bridgehead atoms. The molecule has 0 saturated heterocycles. The van der Waals surface area contributed by atoms with E-state index in [0.717, 1.165) is 0 Å². The summed E-state index contributed by atoms with van der Waals surface area (Å²) in [6.45, 7) is 0. The first kappa shape index (κ1) is 7.10. The van der Waals surface area contributed by atoms with Gasteiger partial charge in [-0.2, -0.15) is 0 Å². The van der Waals surface area contributed by atoms with E-state index in [0.29, 0.717) is 0 Å². The standard InChI is InChI=1S/C6H5Cl2F/c7-6(8)3-1-2-5(9)4-6/h1-3H,4H2. The fourth-order valence-electron chi connectivity index (χ4n) is 0.636. The molecule has 0 aromatic carbocycles. The summed E-state index contributed by atoms with van der Waals surface area (Å²) in [4.78, 5) is 0. The summed E-state index contributed by atoms with van der Waals surface area (Å²) < 4.78 is 11.3. The zero-order valence-electron chi connectivity index (χ0n) is 4.57. The lowest BCUT2D eigenvalue weighted by Gasteiger charge is -2.15. The minimum Gasteiger partial charge on any atom is -0.212 e. The molecule has 0 aliphatic heterocycles. The van der Waals surface area contributed by atoms with Gasteiger partial charge >= 0.3 is 0 Å². The van der Waals surface area contributed by atoms with Crippen LogP contribution in [0.4, 0.5) is 4.39 Å². The SMILES string of the molecule is FC1=CC=CC(Cl)(Cl)C1. The Labute approximate surface area is 63.0 Å². The highest BCUT2D eigenvalue weighted by molar-refractivity contribution is 6.50. The number of rotatable bonds is 0. The van der Waals surface area contributed by atoms with Gasteiger partial charge in [-0.3, -0.25) is 0 Å². The Morgan fingerprint density at radius 2 is 2.22 bits per heavy atom. The molecule has 0 saturated carbocycles. The van der Waals surface area contributed by atoms with Gasteiger partial charge in [-0.15, -0.1) is 0 Å². The highest BCUT2D eigenvalue weighted by Gasteiger charge is 2.23. The van der Waals surface area contributed by atoms with E-state index >= 15 is 0 Å². The quantitative estimate of drug-likeness (QED) is 0.486. The second kappa shape index (κ2) is 2.31. The molecule has 3 heteroatoms. The number of hydrogen-bond donors (Lipinski definition) is 0. The van der Waals surface area contributed by atoms with Gasteiger partial charge in [-0.25, -0.2) is 4.39 Å². The Bertz CT molecular complexity index is 170. The Morgan fingerprint density at radius 3 is 2.56 bits per heavy atom. The molecule has 0 nitrogen and oxygen atoms in total. The van der Waals surface area contributed by atoms with Gasteiger partial charge in [-0.1, -0.05) is 29.3 Å². The second-order valence-electron chi connectivity index (χ2n) is 1.91. The van der Waals surface area contributed by atoms with Crippen molar-refractivity contribution in [3.8, 4) is 0 Å². The molecule has 1 rings (SSSR count). The third-order valence-electron chi connectivity index (χ3n) is 1.02. The monoisotopic (exact) mass is 166 g/mol. The van der Waals surface area contributed by atoms with Crippen molar-refractivity contribution in [3.05, 3.63) is 24.1 Å². The Kier molecular flexibility index (Phi) is 1.83.